The van der Waals surface area contributed by atoms with Crippen molar-refractivity contribution in [1.29, 1.82) is 5.26 Å². The molecule has 0 aliphatic rings. The first-order chi connectivity index (χ1) is 11.4. The maximum atomic E-state index is 13.2. The van der Waals surface area contributed by atoms with E-state index in [2.05, 4.69) is 10.4 Å². The summed E-state index contributed by atoms with van der Waals surface area (Å²) in [6.07, 6.45) is -9.69. The Bertz CT molecular complexity index is 840. The van der Waals surface area contributed by atoms with Crippen LogP contribution < -0.4 is 5.32 Å². The maximum Gasteiger partial charge on any atom is 0.422 e. The fraction of sp³-hybridized carbons (Fsp3) is 0.231. The van der Waals surface area contributed by atoms with Gasteiger partial charge in [0.05, 0.1) is 15.6 Å². The van der Waals surface area contributed by atoms with Crippen LogP contribution in [0.2, 0.25) is 10.0 Å². The van der Waals surface area contributed by atoms with E-state index in [4.69, 9.17) is 28.5 Å². The van der Waals surface area contributed by atoms with Crippen LogP contribution in [0.3, 0.4) is 0 Å². The molecule has 1 aromatic heterocycles. The lowest BCUT2D eigenvalue weighted by Crippen LogP contribution is -2.12. The number of nitriles is 1. The van der Waals surface area contributed by atoms with Crippen molar-refractivity contribution in [2.75, 3.05) is 12.4 Å². The number of hydrogen-bond donors (Lipinski definition) is 1. The standard InChI is InChI=1S/C13H6Cl2F6N4/c1-23-11-9(13(19,20)21)8(4-22)24-25(11)10-6(14)2-5(3-7(10)15)12(16,17)18/h2-3,23H,1H3. The maximum absolute atomic E-state index is 13.2. The van der Waals surface area contributed by atoms with E-state index in [1.807, 2.05) is 0 Å². The first-order valence-corrected chi connectivity index (χ1v) is 7.02. The van der Waals surface area contributed by atoms with Gasteiger partial charge in [0.2, 0.25) is 0 Å². The van der Waals surface area contributed by atoms with Gasteiger partial charge >= 0.3 is 12.4 Å². The van der Waals surface area contributed by atoms with Crippen LogP contribution in [0.5, 0.6) is 0 Å². The number of anilines is 1. The average Bonchev–Trinajstić information content (AvgIpc) is 2.84. The number of benzene rings is 1. The molecule has 0 amide bonds. The van der Waals surface area contributed by atoms with Crippen LogP contribution in [-0.2, 0) is 12.4 Å². The molecule has 0 atom stereocenters. The van der Waals surface area contributed by atoms with Gasteiger partial charge in [0.1, 0.15) is 23.1 Å². The normalized spacial score (nSPS) is 12.2. The summed E-state index contributed by atoms with van der Waals surface area (Å²) in [6, 6.07) is 2.29. The van der Waals surface area contributed by atoms with Crippen molar-refractivity contribution in [3.63, 3.8) is 0 Å². The van der Waals surface area contributed by atoms with Gasteiger partial charge in [-0.15, -0.1) is 0 Å². The van der Waals surface area contributed by atoms with Crippen LogP contribution in [0.15, 0.2) is 12.1 Å². The molecule has 1 N–H and O–H groups in total. The molecule has 1 aromatic carbocycles. The van der Waals surface area contributed by atoms with Gasteiger partial charge in [-0.1, -0.05) is 23.2 Å². The third-order valence-electron chi connectivity index (χ3n) is 3.07. The third-order valence-corrected chi connectivity index (χ3v) is 3.64. The van der Waals surface area contributed by atoms with E-state index in [1.54, 1.807) is 0 Å². The minimum Gasteiger partial charge on any atom is -0.372 e. The molecule has 0 saturated carbocycles. The molecule has 0 aliphatic carbocycles. The second kappa shape index (κ2) is 6.31. The summed E-state index contributed by atoms with van der Waals surface area (Å²) in [5.41, 5.74) is -3.97. The molecule has 0 unspecified atom stereocenters. The predicted octanol–water partition coefficient (Wildman–Crippen LogP) is 5.13. The lowest BCUT2D eigenvalue weighted by Gasteiger charge is -2.15. The van der Waals surface area contributed by atoms with E-state index in [0.29, 0.717) is 16.8 Å². The van der Waals surface area contributed by atoms with Gasteiger partial charge in [-0.25, -0.2) is 4.68 Å². The molecular formula is C13H6Cl2F6N4. The fourth-order valence-corrected chi connectivity index (χ4v) is 2.74. The molecule has 0 fully saturated rings. The lowest BCUT2D eigenvalue weighted by atomic mass is 10.2. The van der Waals surface area contributed by atoms with E-state index < -0.39 is 50.7 Å². The quantitative estimate of drug-likeness (QED) is 0.708. The summed E-state index contributed by atoms with van der Waals surface area (Å²) in [5, 5.41) is 13.4. The van der Waals surface area contributed by atoms with Gasteiger partial charge in [0, 0.05) is 7.05 Å². The number of alkyl halides is 6. The number of aromatic nitrogens is 2. The molecule has 2 rings (SSSR count). The van der Waals surface area contributed by atoms with Crippen molar-refractivity contribution in [2.24, 2.45) is 0 Å². The van der Waals surface area contributed by atoms with Crippen molar-refractivity contribution in [1.82, 2.24) is 9.78 Å². The third kappa shape index (κ3) is 3.48. The van der Waals surface area contributed by atoms with Crippen LogP contribution in [-0.4, -0.2) is 16.8 Å². The number of nitrogens with zero attached hydrogens (tertiary/aromatic N) is 3. The first kappa shape index (κ1) is 19.2. The Morgan fingerprint density at radius 3 is 1.96 bits per heavy atom. The highest BCUT2D eigenvalue weighted by atomic mass is 35.5. The molecule has 0 radical (unpaired) electrons. The summed E-state index contributed by atoms with van der Waals surface area (Å²) in [5.74, 6) is -0.687. The van der Waals surface area contributed by atoms with E-state index in [-0.39, 0.29) is 0 Å². The van der Waals surface area contributed by atoms with Gasteiger partial charge in [0.25, 0.3) is 0 Å². The number of rotatable bonds is 2. The summed E-state index contributed by atoms with van der Waals surface area (Å²) in [6.45, 7) is 0. The van der Waals surface area contributed by atoms with Crippen molar-refractivity contribution in [2.45, 2.75) is 12.4 Å². The molecule has 2 aromatic rings. The van der Waals surface area contributed by atoms with E-state index in [0.717, 1.165) is 7.05 Å². The molecule has 0 spiro atoms. The zero-order valence-electron chi connectivity index (χ0n) is 12.0. The second-order valence-electron chi connectivity index (χ2n) is 4.63. The monoisotopic (exact) mass is 402 g/mol. The van der Waals surface area contributed by atoms with Crippen LogP contribution in [0.1, 0.15) is 16.8 Å². The highest BCUT2D eigenvalue weighted by Crippen LogP contribution is 2.42. The van der Waals surface area contributed by atoms with Crippen LogP contribution in [0, 0.1) is 11.3 Å². The Morgan fingerprint density at radius 2 is 1.60 bits per heavy atom. The fourth-order valence-electron chi connectivity index (χ4n) is 2.09. The Hall–Kier alpha value is -2.12. The topological polar surface area (TPSA) is 53.6 Å². The Kier molecular flexibility index (Phi) is 4.85. The van der Waals surface area contributed by atoms with E-state index >= 15 is 0 Å². The van der Waals surface area contributed by atoms with E-state index in [1.165, 1.54) is 6.07 Å². The summed E-state index contributed by atoms with van der Waals surface area (Å²) in [4.78, 5) is 0. The molecular weight excluding hydrogens is 397 g/mol. The number of hydrogen-bond acceptors (Lipinski definition) is 3. The van der Waals surface area contributed by atoms with Gasteiger partial charge in [-0.05, 0) is 12.1 Å². The first-order valence-electron chi connectivity index (χ1n) is 6.26. The minimum atomic E-state index is -4.94. The summed E-state index contributed by atoms with van der Waals surface area (Å²) < 4.78 is 78.4. The van der Waals surface area contributed by atoms with E-state index in [9.17, 15) is 26.3 Å². The second-order valence-corrected chi connectivity index (χ2v) is 5.44. The smallest absolute Gasteiger partial charge is 0.372 e. The van der Waals surface area contributed by atoms with Gasteiger partial charge in [-0.2, -0.15) is 36.7 Å². The molecule has 0 bridgehead atoms. The number of nitrogens with one attached hydrogen (secondary N) is 1. The van der Waals surface area contributed by atoms with Crippen LogP contribution in [0.25, 0.3) is 5.69 Å². The zero-order valence-corrected chi connectivity index (χ0v) is 13.5. The largest absolute Gasteiger partial charge is 0.422 e. The summed E-state index contributed by atoms with van der Waals surface area (Å²) >= 11 is 11.6. The Morgan fingerprint density at radius 1 is 1.08 bits per heavy atom. The highest BCUT2D eigenvalue weighted by Gasteiger charge is 2.41. The lowest BCUT2D eigenvalue weighted by molar-refractivity contribution is -0.138. The Labute approximate surface area is 146 Å². The molecule has 4 nitrogen and oxygen atoms in total. The minimum absolute atomic E-state index is 0.423. The highest BCUT2D eigenvalue weighted by molar-refractivity contribution is 6.38. The molecule has 25 heavy (non-hydrogen) atoms. The SMILES string of the molecule is CNc1c(C(F)(F)F)c(C#N)nn1-c1c(Cl)cc(C(F)(F)F)cc1Cl. The van der Waals surface area contributed by atoms with Crippen LogP contribution >= 0.6 is 23.2 Å². The van der Waals surface area contributed by atoms with Crippen molar-refractivity contribution >= 4 is 29.0 Å². The number of halogens is 8. The van der Waals surface area contributed by atoms with Crippen molar-refractivity contribution in [3.05, 3.63) is 39.0 Å². The molecule has 1 heterocycles. The van der Waals surface area contributed by atoms with Crippen molar-refractivity contribution in [3.8, 4) is 11.8 Å². The van der Waals surface area contributed by atoms with Gasteiger partial charge in [0.15, 0.2) is 5.69 Å². The Balaban J connectivity index is 2.81. The zero-order chi connectivity index (χ0) is 19.2. The molecule has 134 valence electrons. The molecule has 12 heteroatoms. The molecule has 0 saturated heterocycles. The van der Waals surface area contributed by atoms with Gasteiger partial charge < -0.3 is 5.32 Å². The van der Waals surface area contributed by atoms with Gasteiger partial charge in [-0.3, -0.25) is 0 Å². The summed E-state index contributed by atoms with van der Waals surface area (Å²) in [7, 11) is 1.12. The molecule has 0 aliphatic heterocycles. The predicted molar refractivity (Wildman–Crippen MR) is 77.8 cm³/mol. The average molecular weight is 403 g/mol. The van der Waals surface area contributed by atoms with Crippen LogP contribution in [0.4, 0.5) is 32.2 Å². The van der Waals surface area contributed by atoms with Crippen molar-refractivity contribution < 1.29 is 26.3 Å².